The molecule has 0 saturated heterocycles. The first-order chi connectivity index (χ1) is 10.1. The molecule has 3 atom stereocenters. The van der Waals surface area contributed by atoms with Crippen LogP contribution in [0.5, 0.6) is 0 Å². The van der Waals surface area contributed by atoms with Crippen LogP contribution >= 0.6 is 0 Å². The second kappa shape index (κ2) is 7.45. The molecule has 1 heterocycles. The van der Waals surface area contributed by atoms with Crippen LogP contribution in [0.2, 0.25) is 18.1 Å². The summed E-state index contributed by atoms with van der Waals surface area (Å²) in [5, 5.41) is 0.118. The number of esters is 1. The quantitative estimate of drug-likeness (QED) is 0.337. The van der Waals surface area contributed by atoms with Gasteiger partial charge >= 0.3 is 5.97 Å². The first-order valence-electron chi connectivity index (χ1n) is 7.65. The van der Waals surface area contributed by atoms with Crippen LogP contribution in [0.3, 0.4) is 0 Å². The molecular formula is C17H28O4Si. The van der Waals surface area contributed by atoms with Gasteiger partial charge in [-0.15, -0.1) is 12.3 Å². The molecule has 1 aliphatic rings. The van der Waals surface area contributed by atoms with Crippen LogP contribution in [-0.2, 0) is 18.7 Å². The summed E-state index contributed by atoms with van der Waals surface area (Å²) in [4.78, 5) is 11.2. The van der Waals surface area contributed by atoms with Gasteiger partial charge in [-0.3, -0.25) is 4.79 Å². The minimum Gasteiger partial charge on any atom is -0.455 e. The monoisotopic (exact) mass is 324 g/mol. The molecule has 0 aromatic rings. The lowest BCUT2D eigenvalue weighted by Gasteiger charge is -2.39. The highest BCUT2D eigenvalue weighted by Crippen LogP contribution is 2.37. The van der Waals surface area contributed by atoms with E-state index in [1.54, 1.807) is 0 Å². The number of hydrogen-bond acceptors (Lipinski definition) is 4. The SMILES string of the molecule is C#CC[C@@H]1C=C[C@H](OC(C)=O)[C@@H](CO[Si](C)(C)C(C)(C)C)O1. The van der Waals surface area contributed by atoms with Crippen molar-refractivity contribution < 1.29 is 18.7 Å². The first-order valence-corrected chi connectivity index (χ1v) is 10.6. The van der Waals surface area contributed by atoms with Crippen molar-refractivity contribution in [2.75, 3.05) is 6.61 Å². The van der Waals surface area contributed by atoms with Crippen molar-refractivity contribution in [2.45, 2.75) is 70.6 Å². The normalized spacial score (nSPS) is 25.6. The summed E-state index contributed by atoms with van der Waals surface area (Å²) in [6.07, 6.45) is 8.67. The molecule has 0 spiro atoms. The van der Waals surface area contributed by atoms with Crippen LogP contribution in [0.4, 0.5) is 0 Å². The predicted molar refractivity (Wildman–Crippen MR) is 90.0 cm³/mol. The Kier molecular flexibility index (Phi) is 6.42. The van der Waals surface area contributed by atoms with E-state index in [1.807, 2.05) is 12.2 Å². The molecule has 22 heavy (non-hydrogen) atoms. The van der Waals surface area contributed by atoms with Gasteiger partial charge in [-0.2, -0.15) is 0 Å². The fourth-order valence-corrected chi connectivity index (χ4v) is 2.90. The Morgan fingerprint density at radius 2 is 2.00 bits per heavy atom. The minimum atomic E-state index is -1.88. The number of carbonyl (C=O) groups excluding carboxylic acids is 1. The van der Waals surface area contributed by atoms with E-state index in [2.05, 4.69) is 39.8 Å². The first kappa shape index (κ1) is 19.0. The summed E-state index contributed by atoms with van der Waals surface area (Å²) in [6, 6.07) is 0. The predicted octanol–water partition coefficient (Wildman–Crippen LogP) is 3.29. The molecule has 0 fully saturated rings. The van der Waals surface area contributed by atoms with Gasteiger partial charge in [0.25, 0.3) is 0 Å². The molecule has 4 nitrogen and oxygen atoms in total. The smallest absolute Gasteiger partial charge is 0.303 e. The fraction of sp³-hybridized carbons (Fsp3) is 0.706. The lowest BCUT2D eigenvalue weighted by Crippen LogP contribution is -2.47. The summed E-state index contributed by atoms with van der Waals surface area (Å²) < 4.78 is 17.5. The molecule has 0 saturated carbocycles. The summed E-state index contributed by atoms with van der Waals surface area (Å²) in [5.41, 5.74) is 0. The van der Waals surface area contributed by atoms with Crippen molar-refractivity contribution >= 4 is 14.3 Å². The van der Waals surface area contributed by atoms with E-state index >= 15 is 0 Å². The Morgan fingerprint density at radius 3 is 2.50 bits per heavy atom. The third kappa shape index (κ3) is 5.27. The Balaban J connectivity index is 2.76. The van der Waals surface area contributed by atoms with Crippen molar-refractivity contribution in [3.05, 3.63) is 12.2 Å². The summed E-state index contributed by atoms with van der Waals surface area (Å²) >= 11 is 0. The maximum atomic E-state index is 11.2. The number of ether oxygens (including phenoxy) is 2. The van der Waals surface area contributed by atoms with Crippen LogP contribution in [0.1, 0.15) is 34.1 Å². The molecule has 1 rings (SSSR count). The van der Waals surface area contributed by atoms with Gasteiger partial charge in [0.2, 0.25) is 0 Å². The van der Waals surface area contributed by atoms with Gasteiger partial charge in [0, 0.05) is 13.3 Å². The van der Waals surface area contributed by atoms with Gasteiger partial charge in [0.15, 0.2) is 8.32 Å². The van der Waals surface area contributed by atoms with E-state index in [1.165, 1.54) is 6.92 Å². The van der Waals surface area contributed by atoms with Crippen molar-refractivity contribution in [1.82, 2.24) is 0 Å². The van der Waals surface area contributed by atoms with Crippen LogP contribution in [0, 0.1) is 12.3 Å². The van der Waals surface area contributed by atoms with E-state index in [-0.39, 0.29) is 23.2 Å². The van der Waals surface area contributed by atoms with Crippen molar-refractivity contribution in [2.24, 2.45) is 0 Å². The maximum absolute atomic E-state index is 11.2. The highest BCUT2D eigenvalue weighted by atomic mass is 28.4. The lowest BCUT2D eigenvalue weighted by molar-refractivity contribution is -0.156. The molecule has 0 aromatic heterocycles. The van der Waals surface area contributed by atoms with Crippen LogP contribution in [0.15, 0.2) is 12.2 Å². The largest absolute Gasteiger partial charge is 0.455 e. The maximum Gasteiger partial charge on any atom is 0.303 e. The number of rotatable bonds is 5. The molecule has 124 valence electrons. The standard InChI is InChI=1S/C17H28O4Si/c1-8-9-14-10-11-15(20-13(2)18)16(21-14)12-19-22(6,7)17(3,4)5/h1,10-11,14-16H,9,12H2,2-7H3/t14-,15+,16-/m1/s1. The highest BCUT2D eigenvalue weighted by Gasteiger charge is 2.39. The minimum absolute atomic E-state index is 0.118. The fourth-order valence-electron chi connectivity index (χ4n) is 1.88. The second-order valence-corrected chi connectivity index (χ2v) is 12.0. The van der Waals surface area contributed by atoms with E-state index in [0.717, 1.165) is 0 Å². The van der Waals surface area contributed by atoms with Crippen LogP contribution < -0.4 is 0 Å². The summed E-state index contributed by atoms with van der Waals surface area (Å²) in [7, 11) is -1.88. The van der Waals surface area contributed by atoms with Crippen LogP contribution in [-0.4, -0.2) is 39.2 Å². The zero-order valence-electron chi connectivity index (χ0n) is 14.5. The van der Waals surface area contributed by atoms with Crippen molar-refractivity contribution in [3.63, 3.8) is 0 Å². The topological polar surface area (TPSA) is 44.8 Å². The molecule has 0 N–H and O–H groups in total. The Bertz CT molecular complexity index is 456. The molecule has 0 aromatic carbocycles. The van der Waals surface area contributed by atoms with E-state index in [0.29, 0.717) is 13.0 Å². The molecule has 0 radical (unpaired) electrons. The second-order valence-electron chi connectivity index (χ2n) is 7.15. The Labute approximate surface area is 135 Å². The van der Waals surface area contributed by atoms with Gasteiger partial charge < -0.3 is 13.9 Å². The Morgan fingerprint density at radius 1 is 1.36 bits per heavy atom. The zero-order chi connectivity index (χ0) is 17.0. The third-order valence-electron chi connectivity index (χ3n) is 4.27. The zero-order valence-corrected chi connectivity index (χ0v) is 15.5. The van der Waals surface area contributed by atoms with E-state index < -0.39 is 14.4 Å². The van der Waals surface area contributed by atoms with Gasteiger partial charge in [-0.25, -0.2) is 0 Å². The number of hydrogen-bond donors (Lipinski definition) is 0. The molecule has 5 heteroatoms. The molecular weight excluding hydrogens is 296 g/mol. The molecule has 1 aliphatic heterocycles. The summed E-state index contributed by atoms with van der Waals surface area (Å²) in [6.45, 7) is 12.7. The van der Waals surface area contributed by atoms with Crippen molar-refractivity contribution in [1.29, 1.82) is 0 Å². The van der Waals surface area contributed by atoms with Gasteiger partial charge in [-0.05, 0) is 24.2 Å². The lowest BCUT2D eigenvalue weighted by atomic mass is 10.1. The van der Waals surface area contributed by atoms with Gasteiger partial charge in [-0.1, -0.05) is 26.8 Å². The molecule has 0 unspecified atom stereocenters. The van der Waals surface area contributed by atoms with Crippen LogP contribution in [0.25, 0.3) is 0 Å². The average Bonchev–Trinajstić information content (AvgIpc) is 2.37. The van der Waals surface area contributed by atoms with Gasteiger partial charge in [0.1, 0.15) is 12.2 Å². The molecule has 0 bridgehead atoms. The number of terminal acetylenes is 1. The van der Waals surface area contributed by atoms with Crippen molar-refractivity contribution in [3.8, 4) is 12.3 Å². The molecule has 0 aliphatic carbocycles. The van der Waals surface area contributed by atoms with E-state index in [4.69, 9.17) is 20.3 Å². The highest BCUT2D eigenvalue weighted by molar-refractivity contribution is 6.74. The molecule has 0 amide bonds. The van der Waals surface area contributed by atoms with Gasteiger partial charge in [0.05, 0.1) is 12.7 Å². The number of carbonyl (C=O) groups is 1. The Hall–Kier alpha value is -1.09. The third-order valence-corrected chi connectivity index (χ3v) is 8.77. The average molecular weight is 324 g/mol. The summed E-state index contributed by atoms with van der Waals surface area (Å²) in [5.74, 6) is 2.27. The van der Waals surface area contributed by atoms with E-state index in [9.17, 15) is 4.79 Å².